The summed E-state index contributed by atoms with van der Waals surface area (Å²) in [5, 5.41) is 0. The van der Waals surface area contributed by atoms with Gasteiger partial charge in [-0.1, -0.05) is 13.3 Å². The molecule has 0 aromatic carbocycles. The second kappa shape index (κ2) is 6.60. The van der Waals surface area contributed by atoms with Gasteiger partial charge in [0, 0.05) is 23.8 Å². The maximum atomic E-state index is 6.17. The Labute approximate surface area is 122 Å². The molecule has 1 aliphatic rings. The van der Waals surface area contributed by atoms with Crippen LogP contribution in [0.1, 0.15) is 55.8 Å². The Hall–Kier alpha value is -0.760. The van der Waals surface area contributed by atoms with Crippen molar-refractivity contribution in [3.05, 3.63) is 22.9 Å². The van der Waals surface area contributed by atoms with E-state index in [2.05, 4.69) is 31.7 Å². The molecule has 0 amide bonds. The van der Waals surface area contributed by atoms with Gasteiger partial charge >= 0.3 is 0 Å². The minimum absolute atomic E-state index is 0.559. The molecule has 1 aromatic heterocycles. The zero-order chi connectivity index (χ0) is 13.8. The van der Waals surface area contributed by atoms with Crippen LogP contribution in [0.5, 0.6) is 0 Å². The lowest BCUT2D eigenvalue weighted by Gasteiger charge is -2.38. The molecule has 2 rings (SSSR count). The summed E-state index contributed by atoms with van der Waals surface area (Å²) in [6.07, 6.45) is 6.42. The van der Waals surface area contributed by atoms with Gasteiger partial charge in [0.1, 0.15) is 5.82 Å². The Morgan fingerprint density at radius 1 is 1.37 bits per heavy atom. The third-order valence-corrected chi connectivity index (χ3v) is 4.38. The second-order valence-electron chi connectivity index (χ2n) is 5.65. The van der Waals surface area contributed by atoms with E-state index in [1.165, 1.54) is 43.2 Å². The van der Waals surface area contributed by atoms with Gasteiger partial charge in [0.15, 0.2) is 0 Å². The van der Waals surface area contributed by atoms with E-state index in [0.29, 0.717) is 11.9 Å². The Balaban J connectivity index is 2.37. The Morgan fingerprint density at radius 2 is 2.16 bits per heavy atom. The lowest BCUT2D eigenvalue weighted by atomic mass is 9.97. The first-order valence-corrected chi connectivity index (χ1v) is 8.00. The first kappa shape index (κ1) is 14.6. The van der Waals surface area contributed by atoms with Gasteiger partial charge < -0.3 is 4.90 Å². The highest BCUT2D eigenvalue weighted by Gasteiger charge is 2.25. The molecule has 0 radical (unpaired) electrons. The summed E-state index contributed by atoms with van der Waals surface area (Å²) in [7, 11) is 0. The lowest BCUT2D eigenvalue weighted by Crippen LogP contribution is -2.40. The van der Waals surface area contributed by atoms with E-state index < -0.39 is 0 Å². The smallest absolute Gasteiger partial charge is 0.133 e. The van der Waals surface area contributed by atoms with E-state index in [1.54, 1.807) is 0 Å². The molecule has 1 aromatic rings. The normalized spacial score (nSPS) is 19.8. The van der Waals surface area contributed by atoms with Gasteiger partial charge in [-0.25, -0.2) is 4.98 Å². The van der Waals surface area contributed by atoms with Gasteiger partial charge in [-0.05, 0) is 51.2 Å². The molecule has 106 valence electrons. The van der Waals surface area contributed by atoms with Crippen molar-refractivity contribution in [2.45, 2.75) is 64.8 Å². The van der Waals surface area contributed by atoms with E-state index in [1.807, 2.05) is 0 Å². The highest BCUT2D eigenvalue weighted by molar-refractivity contribution is 6.17. The van der Waals surface area contributed by atoms with Crippen LogP contribution < -0.4 is 4.90 Å². The summed E-state index contributed by atoms with van der Waals surface area (Å²) in [5.41, 5.74) is 3.59. The van der Waals surface area contributed by atoms with Gasteiger partial charge in [0.05, 0.1) is 5.88 Å². The van der Waals surface area contributed by atoms with Crippen molar-refractivity contribution in [1.29, 1.82) is 0 Å². The van der Waals surface area contributed by atoms with Crippen molar-refractivity contribution in [3.63, 3.8) is 0 Å². The quantitative estimate of drug-likeness (QED) is 0.750. The SMILES string of the molecule is CCCC1CCCCN1c1nc(C)cc(C)c1CCl. The van der Waals surface area contributed by atoms with Gasteiger partial charge in [-0.15, -0.1) is 11.6 Å². The number of nitrogens with zero attached hydrogens (tertiary/aromatic N) is 2. The summed E-state index contributed by atoms with van der Waals surface area (Å²) in [5.74, 6) is 1.70. The van der Waals surface area contributed by atoms with Crippen LogP contribution in [0.4, 0.5) is 5.82 Å². The number of piperidine rings is 1. The predicted octanol–water partition coefficient (Wildman–Crippen LogP) is 4.60. The van der Waals surface area contributed by atoms with E-state index in [0.717, 1.165) is 18.1 Å². The molecule has 0 saturated carbocycles. The molecule has 1 atom stereocenters. The zero-order valence-corrected chi connectivity index (χ0v) is 13.1. The molecular formula is C16H25ClN2. The number of aryl methyl sites for hydroxylation is 2. The van der Waals surface area contributed by atoms with Crippen molar-refractivity contribution in [1.82, 2.24) is 4.98 Å². The Morgan fingerprint density at radius 3 is 2.84 bits per heavy atom. The van der Waals surface area contributed by atoms with Gasteiger partial charge in [0.2, 0.25) is 0 Å². The largest absolute Gasteiger partial charge is 0.353 e. The molecule has 2 heterocycles. The summed E-state index contributed by atoms with van der Waals surface area (Å²) in [6, 6.07) is 2.79. The van der Waals surface area contributed by atoms with Gasteiger partial charge in [-0.2, -0.15) is 0 Å². The Bertz CT molecular complexity index is 429. The monoisotopic (exact) mass is 280 g/mol. The van der Waals surface area contributed by atoms with Crippen LogP contribution in [0.25, 0.3) is 0 Å². The zero-order valence-electron chi connectivity index (χ0n) is 12.4. The van der Waals surface area contributed by atoms with Crippen molar-refractivity contribution in [3.8, 4) is 0 Å². The van der Waals surface area contributed by atoms with Crippen molar-refractivity contribution < 1.29 is 0 Å². The molecule has 0 N–H and O–H groups in total. The molecular weight excluding hydrogens is 256 g/mol. The topological polar surface area (TPSA) is 16.1 Å². The number of alkyl halides is 1. The van der Waals surface area contributed by atoms with Crippen LogP contribution >= 0.6 is 11.6 Å². The maximum Gasteiger partial charge on any atom is 0.133 e. The molecule has 1 unspecified atom stereocenters. The molecule has 1 fully saturated rings. The highest BCUT2D eigenvalue weighted by atomic mass is 35.5. The fourth-order valence-corrected chi connectivity index (χ4v) is 3.49. The molecule has 1 aliphatic heterocycles. The van der Waals surface area contributed by atoms with Crippen LogP contribution in [0.15, 0.2) is 6.07 Å². The molecule has 0 aliphatic carbocycles. The summed E-state index contributed by atoms with van der Waals surface area (Å²) in [6.45, 7) is 7.62. The van der Waals surface area contributed by atoms with Crippen LogP contribution in [0.2, 0.25) is 0 Å². The predicted molar refractivity (Wildman–Crippen MR) is 83.2 cm³/mol. The Kier molecular flexibility index (Phi) is 5.09. The second-order valence-corrected chi connectivity index (χ2v) is 5.92. The van der Waals surface area contributed by atoms with Crippen molar-refractivity contribution in [2.75, 3.05) is 11.4 Å². The molecule has 0 bridgehead atoms. The lowest BCUT2D eigenvalue weighted by molar-refractivity contribution is 0.431. The third-order valence-electron chi connectivity index (χ3n) is 4.11. The molecule has 0 spiro atoms. The number of anilines is 1. The first-order chi connectivity index (χ1) is 9.17. The van der Waals surface area contributed by atoms with Crippen LogP contribution in [0, 0.1) is 13.8 Å². The number of aromatic nitrogens is 1. The number of halogens is 1. The van der Waals surface area contributed by atoms with Crippen LogP contribution in [-0.4, -0.2) is 17.6 Å². The minimum Gasteiger partial charge on any atom is -0.353 e. The first-order valence-electron chi connectivity index (χ1n) is 7.47. The molecule has 3 heteroatoms. The number of rotatable bonds is 4. The molecule has 1 saturated heterocycles. The minimum atomic E-state index is 0.559. The van der Waals surface area contributed by atoms with E-state index in [4.69, 9.17) is 16.6 Å². The van der Waals surface area contributed by atoms with Crippen LogP contribution in [0.3, 0.4) is 0 Å². The third kappa shape index (κ3) is 3.22. The molecule has 19 heavy (non-hydrogen) atoms. The number of hydrogen-bond donors (Lipinski definition) is 0. The summed E-state index contributed by atoms with van der Waals surface area (Å²) < 4.78 is 0. The van der Waals surface area contributed by atoms with E-state index in [9.17, 15) is 0 Å². The van der Waals surface area contributed by atoms with Gasteiger partial charge in [0.25, 0.3) is 0 Å². The number of pyridine rings is 1. The summed E-state index contributed by atoms with van der Waals surface area (Å²) >= 11 is 6.17. The summed E-state index contributed by atoms with van der Waals surface area (Å²) in [4.78, 5) is 7.32. The van der Waals surface area contributed by atoms with Crippen molar-refractivity contribution in [2.24, 2.45) is 0 Å². The highest BCUT2D eigenvalue weighted by Crippen LogP contribution is 2.31. The standard InChI is InChI=1S/C16H25ClN2/c1-4-7-14-8-5-6-9-19(14)16-15(11-17)12(2)10-13(3)18-16/h10,14H,4-9,11H2,1-3H3. The fourth-order valence-electron chi connectivity index (χ4n) is 3.16. The fraction of sp³-hybridized carbons (Fsp3) is 0.688. The maximum absolute atomic E-state index is 6.17. The van der Waals surface area contributed by atoms with Crippen LogP contribution in [-0.2, 0) is 5.88 Å². The molecule has 2 nitrogen and oxygen atoms in total. The average Bonchev–Trinajstić information content (AvgIpc) is 2.39. The van der Waals surface area contributed by atoms with Crippen molar-refractivity contribution >= 4 is 17.4 Å². The van der Waals surface area contributed by atoms with E-state index >= 15 is 0 Å². The van der Waals surface area contributed by atoms with E-state index in [-0.39, 0.29) is 0 Å². The average molecular weight is 281 g/mol. The number of hydrogen-bond acceptors (Lipinski definition) is 2. The van der Waals surface area contributed by atoms with Gasteiger partial charge in [-0.3, -0.25) is 0 Å².